The van der Waals surface area contributed by atoms with E-state index in [1.165, 1.54) is 0 Å². The van der Waals surface area contributed by atoms with Gasteiger partial charge in [0, 0.05) is 42.7 Å². The monoisotopic (exact) mass is 371 g/mol. The van der Waals surface area contributed by atoms with Crippen molar-refractivity contribution in [3.8, 4) is 5.75 Å². The van der Waals surface area contributed by atoms with Crippen molar-refractivity contribution in [1.29, 1.82) is 0 Å². The third-order valence-corrected chi connectivity index (χ3v) is 4.53. The lowest BCUT2D eigenvalue weighted by Crippen LogP contribution is -2.40. The summed E-state index contributed by atoms with van der Waals surface area (Å²) in [5.41, 5.74) is 3.59. The number of nitrogens with one attached hydrogen (secondary N) is 1. The first kappa shape index (κ1) is 19.0. The van der Waals surface area contributed by atoms with Crippen LogP contribution in [0.3, 0.4) is 0 Å². The first-order valence-corrected chi connectivity index (χ1v) is 8.83. The van der Waals surface area contributed by atoms with Crippen molar-refractivity contribution in [2.24, 2.45) is 5.10 Å². The van der Waals surface area contributed by atoms with E-state index >= 15 is 0 Å². The van der Waals surface area contributed by atoms with Gasteiger partial charge in [0.25, 0.3) is 5.91 Å². The summed E-state index contributed by atoms with van der Waals surface area (Å²) in [6, 6.07) is 5.42. The quantitative estimate of drug-likeness (QED) is 0.802. The van der Waals surface area contributed by atoms with Crippen molar-refractivity contribution < 1.29 is 9.53 Å². The fourth-order valence-electron chi connectivity index (χ4n) is 2.45. The molecule has 1 aliphatic rings. The number of rotatable bonds is 5. The first-order chi connectivity index (χ1) is 11.4. The Hall–Kier alpha value is -1.30. The smallest absolute Gasteiger partial charge is 0.280 e. The van der Waals surface area contributed by atoms with Crippen LogP contribution >= 0.6 is 23.2 Å². The van der Waals surface area contributed by atoms with Crippen LogP contribution in [-0.4, -0.2) is 41.8 Å². The number of piperidine rings is 1. The molecule has 1 saturated heterocycles. The number of carbonyl (C=O) groups excluding carboxylic acids is 1. The zero-order valence-electron chi connectivity index (χ0n) is 14.2. The number of benzene rings is 1. The molecular weight excluding hydrogens is 349 g/mol. The number of carbonyl (C=O) groups is 1. The minimum Gasteiger partial charge on any atom is -0.479 e. The minimum atomic E-state index is -0.705. The van der Waals surface area contributed by atoms with Crippen molar-refractivity contribution in [2.75, 3.05) is 13.1 Å². The summed E-state index contributed by atoms with van der Waals surface area (Å²) in [4.78, 5) is 14.5. The molecule has 1 aliphatic heterocycles. The third-order valence-electron chi connectivity index (χ3n) is 4.00. The van der Waals surface area contributed by atoms with Gasteiger partial charge >= 0.3 is 0 Å². The molecule has 7 heteroatoms. The molecule has 0 radical (unpaired) electrons. The van der Waals surface area contributed by atoms with E-state index < -0.39 is 6.10 Å². The highest BCUT2D eigenvalue weighted by Crippen LogP contribution is 2.28. The summed E-state index contributed by atoms with van der Waals surface area (Å²) in [6.07, 6.45) is 1.04. The molecule has 132 valence electrons. The number of hydrazone groups is 1. The molecule has 0 saturated carbocycles. The van der Waals surface area contributed by atoms with Gasteiger partial charge in [0.1, 0.15) is 5.75 Å². The van der Waals surface area contributed by atoms with E-state index in [4.69, 9.17) is 27.9 Å². The molecule has 5 nitrogen and oxygen atoms in total. The van der Waals surface area contributed by atoms with Gasteiger partial charge in [-0.25, -0.2) is 5.43 Å². The second-order valence-corrected chi connectivity index (χ2v) is 6.96. The van der Waals surface area contributed by atoms with Crippen LogP contribution in [0.25, 0.3) is 0 Å². The van der Waals surface area contributed by atoms with E-state index in [0.29, 0.717) is 21.8 Å². The number of halogens is 2. The summed E-state index contributed by atoms with van der Waals surface area (Å²) < 4.78 is 5.57. The Morgan fingerprint density at radius 3 is 2.50 bits per heavy atom. The lowest BCUT2D eigenvalue weighted by atomic mass is 10.1. The molecule has 24 heavy (non-hydrogen) atoms. The minimum absolute atomic E-state index is 0.306. The molecule has 0 bridgehead atoms. The standard InChI is InChI=1S/C17H23Cl2N3O2/c1-11(2)22-8-6-14(7-9-22)20-21-17(23)12(3)24-16-5-4-13(18)10-15(16)19/h4-5,10-12H,6-9H2,1-3H3,(H,21,23)/t12-/m1/s1. The van der Waals surface area contributed by atoms with E-state index in [9.17, 15) is 4.79 Å². The second kappa shape index (κ2) is 8.70. The van der Waals surface area contributed by atoms with Crippen molar-refractivity contribution in [1.82, 2.24) is 10.3 Å². The molecule has 0 unspecified atom stereocenters. The largest absolute Gasteiger partial charge is 0.479 e. The number of nitrogens with zero attached hydrogens (tertiary/aromatic N) is 2. The molecule has 2 rings (SSSR count). The summed E-state index contributed by atoms with van der Waals surface area (Å²) in [5.74, 6) is 0.112. The molecule has 0 aliphatic carbocycles. The summed E-state index contributed by atoms with van der Waals surface area (Å²) in [5, 5.41) is 5.12. The van der Waals surface area contributed by atoms with Crippen LogP contribution in [0, 0.1) is 0 Å². The Labute approximate surface area is 152 Å². The number of hydrogen-bond acceptors (Lipinski definition) is 4. The maximum Gasteiger partial charge on any atom is 0.280 e. The van der Waals surface area contributed by atoms with E-state index in [-0.39, 0.29) is 5.91 Å². The fourth-order valence-corrected chi connectivity index (χ4v) is 2.90. The van der Waals surface area contributed by atoms with Crippen LogP contribution in [0.4, 0.5) is 0 Å². The maximum absolute atomic E-state index is 12.1. The highest BCUT2D eigenvalue weighted by Gasteiger charge is 2.19. The molecule has 1 aromatic carbocycles. The second-order valence-electron chi connectivity index (χ2n) is 6.12. The lowest BCUT2D eigenvalue weighted by molar-refractivity contribution is -0.127. The Morgan fingerprint density at radius 2 is 1.92 bits per heavy atom. The number of hydrogen-bond donors (Lipinski definition) is 1. The topological polar surface area (TPSA) is 53.9 Å². The molecule has 1 N–H and O–H groups in total. The molecule has 0 aromatic heterocycles. The van der Waals surface area contributed by atoms with Crippen LogP contribution in [-0.2, 0) is 4.79 Å². The summed E-state index contributed by atoms with van der Waals surface area (Å²) in [7, 11) is 0. The average molecular weight is 372 g/mol. The molecule has 1 heterocycles. The van der Waals surface area contributed by atoms with Gasteiger partial charge in [0.2, 0.25) is 0 Å². The SMILES string of the molecule is CC(C)N1CCC(=NNC(=O)[C@@H](C)Oc2ccc(Cl)cc2Cl)CC1. The van der Waals surface area contributed by atoms with E-state index in [0.717, 1.165) is 31.6 Å². The summed E-state index contributed by atoms with van der Waals surface area (Å²) in [6.45, 7) is 7.97. The maximum atomic E-state index is 12.1. The van der Waals surface area contributed by atoms with Gasteiger partial charge in [-0.2, -0.15) is 5.10 Å². The Morgan fingerprint density at radius 1 is 1.25 bits per heavy atom. The Bertz CT molecular complexity index is 610. The van der Waals surface area contributed by atoms with Crippen LogP contribution in [0.5, 0.6) is 5.75 Å². The number of amides is 1. The zero-order chi connectivity index (χ0) is 17.7. The number of ether oxygens (including phenoxy) is 1. The van der Waals surface area contributed by atoms with Crippen molar-refractivity contribution in [3.63, 3.8) is 0 Å². The molecule has 1 aromatic rings. The molecule has 1 atom stereocenters. The highest BCUT2D eigenvalue weighted by molar-refractivity contribution is 6.35. The third kappa shape index (κ3) is 5.36. The van der Waals surface area contributed by atoms with Crippen LogP contribution in [0.1, 0.15) is 33.6 Å². The van der Waals surface area contributed by atoms with Gasteiger partial charge in [-0.3, -0.25) is 4.79 Å². The summed E-state index contributed by atoms with van der Waals surface area (Å²) >= 11 is 11.9. The average Bonchev–Trinajstić information content (AvgIpc) is 2.55. The molecular formula is C17H23Cl2N3O2. The van der Waals surface area contributed by atoms with Crippen molar-refractivity contribution in [3.05, 3.63) is 28.2 Å². The van der Waals surface area contributed by atoms with Crippen molar-refractivity contribution >= 4 is 34.8 Å². The molecule has 1 amide bonds. The first-order valence-electron chi connectivity index (χ1n) is 8.08. The molecule has 1 fully saturated rings. The van der Waals surface area contributed by atoms with Gasteiger partial charge in [0.15, 0.2) is 6.10 Å². The van der Waals surface area contributed by atoms with Gasteiger partial charge in [-0.05, 0) is 39.0 Å². The van der Waals surface area contributed by atoms with Gasteiger partial charge in [-0.1, -0.05) is 23.2 Å². The van der Waals surface area contributed by atoms with Crippen molar-refractivity contribution in [2.45, 2.75) is 45.8 Å². The Kier molecular flexibility index (Phi) is 6.90. The highest BCUT2D eigenvalue weighted by atomic mass is 35.5. The van der Waals surface area contributed by atoms with Gasteiger partial charge < -0.3 is 9.64 Å². The van der Waals surface area contributed by atoms with E-state index in [2.05, 4.69) is 29.3 Å². The van der Waals surface area contributed by atoms with Crippen LogP contribution in [0.15, 0.2) is 23.3 Å². The zero-order valence-corrected chi connectivity index (χ0v) is 15.7. The fraction of sp³-hybridized carbons (Fsp3) is 0.529. The van der Waals surface area contributed by atoms with Crippen LogP contribution < -0.4 is 10.2 Å². The number of likely N-dealkylation sites (tertiary alicyclic amines) is 1. The van der Waals surface area contributed by atoms with E-state index in [1.807, 2.05) is 0 Å². The molecule has 0 spiro atoms. The van der Waals surface area contributed by atoms with Gasteiger partial charge in [0.05, 0.1) is 5.02 Å². The van der Waals surface area contributed by atoms with Gasteiger partial charge in [-0.15, -0.1) is 0 Å². The lowest BCUT2D eigenvalue weighted by Gasteiger charge is -2.30. The predicted octanol–water partition coefficient (Wildman–Crippen LogP) is 3.74. The Balaban J connectivity index is 1.85. The van der Waals surface area contributed by atoms with E-state index in [1.54, 1.807) is 25.1 Å². The van der Waals surface area contributed by atoms with Crippen LogP contribution in [0.2, 0.25) is 10.0 Å². The normalized spacial score (nSPS) is 16.8. The predicted molar refractivity (Wildman–Crippen MR) is 98.1 cm³/mol.